The first-order valence-corrected chi connectivity index (χ1v) is 9.77. The van der Waals surface area contributed by atoms with Crippen LogP contribution in [-0.2, 0) is 11.2 Å². The predicted octanol–water partition coefficient (Wildman–Crippen LogP) is 3.11. The molecule has 1 aromatic carbocycles. The number of hydrogen-bond acceptors (Lipinski definition) is 6. The second kappa shape index (κ2) is 7.50. The summed E-state index contributed by atoms with van der Waals surface area (Å²) in [6, 6.07) is 4.38. The number of fused-ring (bicyclic) bond motifs is 1. The van der Waals surface area contributed by atoms with E-state index in [1.165, 1.54) is 13.2 Å². The van der Waals surface area contributed by atoms with Crippen LogP contribution in [-0.4, -0.2) is 42.2 Å². The van der Waals surface area contributed by atoms with Crippen molar-refractivity contribution in [3.05, 3.63) is 35.5 Å². The van der Waals surface area contributed by atoms with Crippen molar-refractivity contribution in [3.8, 4) is 11.5 Å². The molecule has 8 heteroatoms. The summed E-state index contributed by atoms with van der Waals surface area (Å²) >= 11 is 0. The Hall–Kier alpha value is -2.90. The van der Waals surface area contributed by atoms with Gasteiger partial charge in [0.25, 0.3) is 0 Å². The lowest BCUT2D eigenvalue weighted by Crippen LogP contribution is -2.45. The average molecular weight is 400 g/mol. The zero-order valence-corrected chi connectivity index (χ0v) is 17.0. The monoisotopic (exact) mass is 400 g/mol. The first-order chi connectivity index (χ1) is 13.9. The molecular formula is C21H25FN4O3. The summed E-state index contributed by atoms with van der Waals surface area (Å²) in [7, 11) is 3.31. The van der Waals surface area contributed by atoms with Crippen LogP contribution in [0.3, 0.4) is 0 Å². The second-order valence-electron chi connectivity index (χ2n) is 7.78. The molecule has 1 N–H and O–H groups in total. The van der Waals surface area contributed by atoms with Gasteiger partial charge in [0.15, 0.2) is 17.4 Å². The highest BCUT2D eigenvalue weighted by Crippen LogP contribution is 2.36. The molecule has 0 saturated heterocycles. The molecule has 4 rings (SSSR count). The second-order valence-corrected chi connectivity index (χ2v) is 7.78. The summed E-state index contributed by atoms with van der Waals surface area (Å²) < 4.78 is 24.6. The molecule has 154 valence electrons. The van der Waals surface area contributed by atoms with Gasteiger partial charge in [-0.3, -0.25) is 4.79 Å². The molecule has 1 atom stereocenters. The van der Waals surface area contributed by atoms with Crippen LogP contribution >= 0.6 is 0 Å². The van der Waals surface area contributed by atoms with E-state index in [1.54, 1.807) is 12.1 Å². The van der Waals surface area contributed by atoms with Crippen molar-refractivity contribution in [2.24, 2.45) is 5.92 Å². The minimum absolute atomic E-state index is 0.0478. The average Bonchev–Trinajstić information content (AvgIpc) is 2.66. The van der Waals surface area contributed by atoms with E-state index < -0.39 is 5.82 Å². The van der Waals surface area contributed by atoms with Crippen molar-refractivity contribution in [2.75, 3.05) is 24.4 Å². The molecule has 0 spiro atoms. The van der Waals surface area contributed by atoms with E-state index in [0.717, 1.165) is 36.6 Å². The largest absolute Gasteiger partial charge is 0.494 e. The quantitative estimate of drug-likeness (QED) is 0.831. The number of anilines is 2. The van der Waals surface area contributed by atoms with E-state index in [1.807, 2.05) is 25.8 Å². The molecule has 0 radical (unpaired) electrons. The van der Waals surface area contributed by atoms with Crippen LogP contribution in [0.25, 0.3) is 0 Å². The van der Waals surface area contributed by atoms with Crippen molar-refractivity contribution >= 4 is 17.4 Å². The highest BCUT2D eigenvalue weighted by Gasteiger charge is 2.34. The van der Waals surface area contributed by atoms with Crippen molar-refractivity contribution in [3.63, 3.8) is 0 Å². The lowest BCUT2D eigenvalue weighted by Gasteiger charge is -2.36. The molecular weight excluding hydrogens is 375 g/mol. The van der Waals surface area contributed by atoms with Crippen LogP contribution < -0.4 is 19.7 Å². The number of ether oxygens (including phenoxy) is 2. The van der Waals surface area contributed by atoms with E-state index in [2.05, 4.69) is 10.3 Å². The lowest BCUT2D eigenvalue weighted by atomic mass is 9.80. The van der Waals surface area contributed by atoms with Gasteiger partial charge in [-0.15, -0.1) is 0 Å². The van der Waals surface area contributed by atoms with Gasteiger partial charge in [0, 0.05) is 19.5 Å². The van der Waals surface area contributed by atoms with Gasteiger partial charge in [-0.25, -0.2) is 14.4 Å². The topological polar surface area (TPSA) is 76.6 Å². The van der Waals surface area contributed by atoms with Crippen molar-refractivity contribution < 1.29 is 18.7 Å². The summed E-state index contributed by atoms with van der Waals surface area (Å²) in [5.41, 5.74) is 1.47. The number of carbonyl (C=O) groups is 1. The minimum Gasteiger partial charge on any atom is -0.494 e. The summed E-state index contributed by atoms with van der Waals surface area (Å²) in [5, 5.41) is 2.90. The molecule has 0 unspecified atom stereocenters. The molecule has 1 aliphatic carbocycles. The molecule has 2 aliphatic rings. The number of methoxy groups -OCH3 is 1. The van der Waals surface area contributed by atoms with Gasteiger partial charge >= 0.3 is 0 Å². The molecule has 1 amide bonds. The Bertz CT molecular complexity index is 946. The molecule has 7 nitrogen and oxygen atoms in total. The smallest absolute Gasteiger partial charge is 0.246 e. The molecule has 1 saturated carbocycles. The van der Waals surface area contributed by atoms with Gasteiger partial charge in [0.1, 0.15) is 23.3 Å². The number of benzene rings is 1. The zero-order chi connectivity index (χ0) is 20.7. The van der Waals surface area contributed by atoms with Gasteiger partial charge < -0.3 is 19.7 Å². The number of amides is 1. The van der Waals surface area contributed by atoms with E-state index in [0.29, 0.717) is 17.4 Å². The Labute approximate surface area is 169 Å². The Morgan fingerprint density at radius 1 is 1.31 bits per heavy atom. The maximum Gasteiger partial charge on any atom is 0.246 e. The number of nitrogens with one attached hydrogen (secondary N) is 1. The van der Waals surface area contributed by atoms with E-state index in [4.69, 9.17) is 14.5 Å². The normalized spacial score (nSPS) is 23.1. The number of hydrogen-bond donors (Lipinski definition) is 1. The van der Waals surface area contributed by atoms with E-state index in [-0.39, 0.29) is 23.8 Å². The fourth-order valence-electron chi connectivity index (χ4n) is 3.80. The minimum atomic E-state index is -0.427. The van der Waals surface area contributed by atoms with Crippen molar-refractivity contribution in [1.82, 2.24) is 9.97 Å². The molecule has 1 aliphatic heterocycles. The lowest BCUT2D eigenvalue weighted by molar-refractivity contribution is -0.117. The van der Waals surface area contributed by atoms with Gasteiger partial charge in [0.2, 0.25) is 5.91 Å². The highest BCUT2D eigenvalue weighted by molar-refractivity contribution is 6.02. The number of nitrogens with zero attached hydrogens (tertiary/aromatic N) is 3. The molecule has 1 aromatic heterocycles. The molecule has 2 aromatic rings. The van der Waals surface area contributed by atoms with Gasteiger partial charge in [-0.2, -0.15) is 0 Å². The summed E-state index contributed by atoms with van der Waals surface area (Å²) in [5.74, 6) is 2.20. The molecule has 2 heterocycles. The van der Waals surface area contributed by atoms with Crippen LogP contribution in [0.5, 0.6) is 11.5 Å². The number of aryl methyl sites for hydroxylation is 1. The van der Waals surface area contributed by atoms with Crippen LogP contribution in [0.15, 0.2) is 18.2 Å². The maximum atomic E-state index is 13.8. The fraction of sp³-hybridized carbons (Fsp3) is 0.476. The Morgan fingerprint density at radius 3 is 2.76 bits per heavy atom. The van der Waals surface area contributed by atoms with Crippen molar-refractivity contribution in [2.45, 2.75) is 45.3 Å². The van der Waals surface area contributed by atoms with Gasteiger partial charge in [-0.1, -0.05) is 0 Å². The number of likely N-dealkylation sites (N-methyl/N-ethyl adjacent to an activating group) is 1. The third-order valence-corrected chi connectivity index (χ3v) is 5.75. The van der Waals surface area contributed by atoms with Gasteiger partial charge in [-0.05, 0) is 44.7 Å². The van der Waals surface area contributed by atoms with Gasteiger partial charge in [0.05, 0.1) is 18.9 Å². The molecule has 0 bridgehead atoms. The van der Waals surface area contributed by atoms with Crippen LogP contribution in [0.2, 0.25) is 0 Å². The molecule has 1 fully saturated rings. The first kappa shape index (κ1) is 19.4. The summed E-state index contributed by atoms with van der Waals surface area (Å²) in [6.45, 7) is 3.74. The van der Waals surface area contributed by atoms with Crippen LogP contribution in [0, 0.1) is 18.7 Å². The number of rotatable bonds is 5. The zero-order valence-electron chi connectivity index (χ0n) is 17.0. The molecule has 29 heavy (non-hydrogen) atoms. The Kier molecular flexibility index (Phi) is 5.02. The third-order valence-electron chi connectivity index (χ3n) is 5.75. The Morgan fingerprint density at radius 2 is 2.07 bits per heavy atom. The van der Waals surface area contributed by atoms with Crippen molar-refractivity contribution in [1.29, 1.82) is 0 Å². The highest BCUT2D eigenvalue weighted by atomic mass is 19.1. The van der Waals surface area contributed by atoms with E-state index in [9.17, 15) is 9.18 Å². The fourth-order valence-corrected chi connectivity index (χ4v) is 3.80. The van der Waals surface area contributed by atoms with E-state index >= 15 is 0 Å². The van der Waals surface area contributed by atoms with Crippen LogP contribution in [0.4, 0.5) is 15.9 Å². The number of halogens is 1. The summed E-state index contributed by atoms with van der Waals surface area (Å²) in [6.07, 6.45) is 2.56. The SMILES string of the molecule is COc1ccc(OC2CC(Cc3nc(C)c4c(n3)N(C)[C@@H](C)C(=O)N4)C2)cc1F. The van der Waals surface area contributed by atoms with Crippen LogP contribution in [0.1, 0.15) is 31.3 Å². The number of aromatic nitrogens is 2. The third kappa shape index (κ3) is 3.71. The maximum absolute atomic E-state index is 13.8. The Balaban J connectivity index is 1.38. The predicted molar refractivity (Wildman–Crippen MR) is 107 cm³/mol. The summed E-state index contributed by atoms with van der Waals surface area (Å²) in [4.78, 5) is 23.2. The standard InChI is InChI=1S/C21H25FN4O3/c1-11-19-20(26(3)12(2)21(27)25-19)24-18(23-11)9-13-7-15(8-13)29-14-5-6-17(28-4)16(22)10-14/h5-6,10,12-13,15H,7-9H2,1-4H3,(H,25,27)/t12-,13?,15?/m0/s1. The number of carbonyl (C=O) groups excluding carboxylic acids is 1. The first-order valence-electron chi connectivity index (χ1n) is 9.77.